The number of methoxy groups -OCH3 is 1. The first-order valence-electron chi connectivity index (χ1n) is 6.66. The van der Waals surface area contributed by atoms with Crippen LogP contribution in [0.25, 0.3) is 0 Å². The molecule has 0 radical (unpaired) electrons. The number of benzene rings is 2. The maximum absolute atomic E-state index is 13.5. The van der Waals surface area contributed by atoms with E-state index in [1.54, 1.807) is 19.2 Å². The van der Waals surface area contributed by atoms with Crippen LogP contribution in [-0.2, 0) is 4.74 Å². The summed E-state index contributed by atoms with van der Waals surface area (Å²) in [5.41, 5.74) is 2.11. The fraction of sp³-hybridized carbons (Fsp3) is 0.235. The number of ether oxygens (including phenoxy) is 1. The van der Waals surface area contributed by atoms with Crippen molar-refractivity contribution in [3.8, 4) is 0 Å². The predicted molar refractivity (Wildman–Crippen MR) is 77.9 cm³/mol. The zero-order chi connectivity index (χ0) is 14.4. The van der Waals surface area contributed by atoms with Crippen LogP contribution in [0.15, 0.2) is 54.6 Å². The lowest BCUT2D eigenvalue weighted by Gasteiger charge is -2.17. The van der Waals surface area contributed by atoms with Gasteiger partial charge in [0.15, 0.2) is 0 Å². The molecular formula is C17H19ClFNO. The van der Waals surface area contributed by atoms with E-state index in [1.807, 2.05) is 24.3 Å². The lowest BCUT2D eigenvalue weighted by molar-refractivity contribution is -0.140. The van der Waals surface area contributed by atoms with Crippen LogP contribution in [-0.4, -0.2) is 13.0 Å². The summed E-state index contributed by atoms with van der Waals surface area (Å²) < 4.78 is 18.5. The quantitative estimate of drug-likeness (QED) is 0.589. The summed E-state index contributed by atoms with van der Waals surface area (Å²) in [7, 11) is 1.56. The molecule has 0 aliphatic rings. The number of hydrogen-bond donors (Lipinski definition) is 1. The van der Waals surface area contributed by atoms with E-state index in [2.05, 4.69) is 12.1 Å². The molecule has 0 heterocycles. The number of halogens is 2. The summed E-state index contributed by atoms with van der Waals surface area (Å²) in [6.07, 6.45) is 1.43. The normalized spacial score (nSPS) is 11.3. The average molecular weight is 308 g/mol. The Morgan fingerprint density at radius 1 is 1.10 bits per heavy atom. The fourth-order valence-corrected chi connectivity index (χ4v) is 2.32. The molecule has 2 nitrogen and oxygen atoms in total. The minimum absolute atomic E-state index is 0. The Labute approximate surface area is 130 Å². The average Bonchev–Trinajstić information content (AvgIpc) is 2.48. The molecule has 1 atom stereocenters. The Morgan fingerprint density at radius 3 is 2.38 bits per heavy atom. The molecule has 1 unspecified atom stereocenters. The van der Waals surface area contributed by atoms with Gasteiger partial charge in [0.2, 0.25) is 0 Å². The van der Waals surface area contributed by atoms with E-state index in [-0.39, 0.29) is 24.1 Å². The molecule has 112 valence electrons. The lowest BCUT2D eigenvalue weighted by Crippen LogP contribution is -3.00. The molecule has 0 aliphatic carbocycles. The highest BCUT2D eigenvalue weighted by molar-refractivity contribution is 5.69. The second-order valence-electron chi connectivity index (χ2n) is 4.73. The van der Waals surface area contributed by atoms with Crippen molar-refractivity contribution >= 4 is 5.90 Å². The molecule has 21 heavy (non-hydrogen) atoms. The van der Waals surface area contributed by atoms with E-state index in [9.17, 15) is 4.39 Å². The van der Waals surface area contributed by atoms with Crippen molar-refractivity contribution in [3.05, 3.63) is 71.5 Å². The van der Waals surface area contributed by atoms with Crippen molar-refractivity contribution in [2.45, 2.75) is 18.8 Å². The van der Waals surface area contributed by atoms with Gasteiger partial charge in [0, 0.05) is 5.92 Å². The highest BCUT2D eigenvalue weighted by Crippen LogP contribution is 2.29. The van der Waals surface area contributed by atoms with Crippen molar-refractivity contribution in [2.24, 2.45) is 0 Å². The zero-order valence-electron chi connectivity index (χ0n) is 11.9. The largest absolute Gasteiger partial charge is 1.00 e. The van der Waals surface area contributed by atoms with Gasteiger partial charge in [0.25, 0.3) is 0 Å². The first kappa shape index (κ1) is 17.2. The lowest BCUT2D eigenvalue weighted by atomic mass is 9.87. The van der Waals surface area contributed by atoms with Crippen LogP contribution in [0, 0.1) is 5.82 Å². The van der Waals surface area contributed by atoms with Crippen LogP contribution in [0.1, 0.15) is 29.9 Å². The highest BCUT2D eigenvalue weighted by Gasteiger charge is 2.17. The maximum Gasteiger partial charge on any atom is 0.332 e. The Balaban J connectivity index is 0.00000220. The van der Waals surface area contributed by atoms with Crippen LogP contribution in [0.4, 0.5) is 4.39 Å². The zero-order valence-corrected chi connectivity index (χ0v) is 12.7. The van der Waals surface area contributed by atoms with Crippen molar-refractivity contribution in [2.75, 3.05) is 7.11 Å². The minimum Gasteiger partial charge on any atom is -1.00 e. The van der Waals surface area contributed by atoms with Crippen molar-refractivity contribution < 1.29 is 26.9 Å². The van der Waals surface area contributed by atoms with E-state index in [0.717, 1.165) is 17.5 Å². The Morgan fingerprint density at radius 2 is 1.76 bits per heavy atom. The molecule has 0 spiro atoms. The third-order valence-electron chi connectivity index (χ3n) is 3.39. The van der Waals surface area contributed by atoms with Crippen LogP contribution in [0.3, 0.4) is 0 Å². The molecular weight excluding hydrogens is 289 g/mol. The van der Waals surface area contributed by atoms with Gasteiger partial charge < -0.3 is 17.1 Å². The van der Waals surface area contributed by atoms with E-state index < -0.39 is 0 Å². The smallest absolute Gasteiger partial charge is 0.332 e. The monoisotopic (exact) mass is 307 g/mol. The Kier molecular flexibility index (Phi) is 6.89. The van der Waals surface area contributed by atoms with Gasteiger partial charge in [-0.2, -0.15) is 0 Å². The van der Waals surface area contributed by atoms with Crippen molar-refractivity contribution in [1.29, 1.82) is 0 Å². The van der Waals surface area contributed by atoms with Gasteiger partial charge in [0.05, 0.1) is 13.5 Å². The Bertz CT molecular complexity index is 574. The molecule has 0 fully saturated rings. The molecule has 0 saturated heterocycles. The molecule has 2 rings (SSSR count). The van der Waals surface area contributed by atoms with E-state index in [4.69, 9.17) is 10.1 Å². The summed E-state index contributed by atoms with van der Waals surface area (Å²) in [4.78, 5) is 0. The van der Waals surface area contributed by atoms with Gasteiger partial charge in [-0.15, -0.1) is 0 Å². The maximum atomic E-state index is 13.5. The van der Waals surface area contributed by atoms with Gasteiger partial charge in [-0.1, -0.05) is 42.5 Å². The standard InChI is InChI=1S/C17H18FNO.ClH/c1-20-17(19)11-10-16(13-6-3-2-4-7-13)14-8-5-9-15(18)12-14;/h2-9,12,16,19H,10-11H2,1H3;1H. The second-order valence-corrected chi connectivity index (χ2v) is 4.73. The molecule has 0 bridgehead atoms. The molecule has 2 N–H and O–H groups in total. The predicted octanol–water partition coefficient (Wildman–Crippen LogP) is -0.454. The van der Waals surface area contributed by atoms with Crippen LogP contribution >= 0.6 is 0 Å². The SMILES string of the molecule is COC(=[NH2+])CCC(c1ccccc1)c1cccc(F)c1.[Cl-]. The summed E-state index contributed by atoms with van der Waals surface area (Å²) in [5.74, 6) is 0.398. The van der Waals surface area contributed by atoms with Crippen LogP contribution in [0.5, 0.6) is 0 Å². The summed E-state index contributed by atoms with van der Waals surface area (Å²) in [6.45, 7) is 0. The first-order chi connectivity index (χ1) is 9.70. The topological polar surface area (TPSA) is 34.8 Å². The first-order valence-corrected chi connectivity index (χ1v) is 6.66. The highest BCUT2D eigenvalue weighted by atomic mass is 35.5. The molecule has 0 aliphatic heterocycles. The molecule has 0 saturated carbocycles. The fourth-order valence-electron chi connectivity index (χ4n) is 2.32. The molecule has 0 aromatic heterocycles. The van der Waals surface area contributed by atoms with Gasteiger partial charge in [0.1, 0.15) is 5.82 Å². The van der Waals surface area contributed by atoms with Crippen molar-refractivity contribution in [3.63, 3.8) is 0 Å². The van der Waals surface area contributed by atoms with E-state index >= 15 is 0 Å². The van der Waals surface area contributed by atoms with Gasteiger partial charge in [-0.3, -0.25) is 0 Å². The Hall–Kier alpha value is -1.87. The third kappa shape index (κ3) is 4.87. The van der Waals surface area contributed by atoms with Gasteiger partial charge in [-0.25, -0.2) is 9.80 Å². The third-order valence-corrected chi connectivity index (χ3v) is 3.39. The molecule has 2 aromatic carbocycles. The summed E-state index contributed by atoms with van der Waals surface area (Å²) in [5, 5.41) is 5.73. The van der Waals surface area contributed by atoms with E-state index in [1.165, 1.54) is 6.07 Å². The number of rotatable bonds is 5. The van der Waals surface area contributed by atoms with Gasteiger partial charge in [-0.05, 0) is 29.7 Å². The number of hydrogen-bond acceptors (Lipinski definition) is 1. The second kappa shape index (κ2) is 8.42. The molecule has 4 heteroatoms. The summed E-state index contributed by atoms with van der Waals surface area (Å²) in [6, 6.07) is 16.8. The summed E-state index contributed by atoms with van der Waals surface area (Å²) >= 11 is 0. The molecule has 2 aromatic rings. The van der Waals surface area contributed by atoms with Crippen LogP contribution in [0.2, 0.25) is 0 Å². The van der Waals surface area contributed by atoms with E-state index in [0.29, 0.717) is 12.3 Å². The minimum atomic E-state index is -0.216. The molecule has 0 amide bonds. The van der Waals surface area contributed by atoms with Crippen molar-refractivity contribution in [1.82, 2.24) is 0 Å². The van der Waals surface area contributed by atoms with Gasteiger partial charge >= 0.3 is 5.90 Å². The van der Waals surface area contributed by atoms with Crippen LogP contribution < -0.4 is 17.8 Å². The number of nitrogens with two attached hydrogens (primary N) is 1.